The van der Waals surface area contributed by atoms with Gasteiger partial charge < -0.3 is 19.6 Å². The van der Waals surface area contributed by atoms with Gasteiger partial charge in [0.15, 0.2) is 0 Å². The largest absolute Gasteiger partial charge is 0.465 e. The Morgan fingerprint density at radius 2 is 1.90 bits per heavy atom. The number of unbranched alkanes of at least 4 members (excludes halogenated alkanes) is 4. The molecule has 3 aliphatic heterocycles. The van der Waals surface area contributed by atoms with E-state index < -0.39 is 22.6 Å². The van der Waals surface area contributed by atoms with E-state index >= 15 is 0 Å². The number of benzene rings is 1. The molecule has 3 heterocycles. The molecule has 0 aromatic heterocycles. The molecule has 0 aliphatic carbocycles. The Kier molecular flexibility index (Phi) is 10.4. The van der Waals surface area contributed by atoms with Crippen LogP contribution in [0, 0.1) is 17.8 Å². The number of amides is 2. The molecule has 218 valence electrons. The van der Waals surface area contributed by atoms with E-state index in [2.05, 4.69) is 20.1 Å². The fraction of sp³-hybridized carbons (Fsp3) is 0.581. The first kappa shape index (κ1) is 30.7. The summed E-state index contributed by atoms with van der Waals surface area (Å²) < 4.78 is 4.97. The van der Waals surface area contributed by atoms with Crippen molar-refractivity contribution < 1.29 is 24.2 Å². The molecule has 0 saturated carbocycles. The minimum Gasteiger partial charge on any atom is -0.465 e. The SMILES string of the molecule is C=CCCCOC(=O)[C@@H]1[C@@H]2CC(C)C3(S2)C(C(=O)N(CC=C)c2ccc(Cl)cc2)N(CCCCCCO)C(=O)[C@H]13. The van der Waals surface area contributed by atoms with Crippen molar-refractivity contribution in [2.24, 2.45) is 17.8 Å². The number of nitrogens with zero attached hydrogens (tertiary/aromatic N) is 2. The Morgan fingerprint density at radius 1 is 1.18 bits per heavy atom. The number of aliphatic hydroxyl groups excluding tert-OH is 1. The van der Waals surface area contributed by atoms with E-state index in [1.54, 1.807) is 58.0 Å². The summed E-state index contributed by atoms with van der Waals surface area (Å²) in [6.45, 7) is 10.9. The number of hydrogen-bond acceptors (Lipinski definition) is 6. The summed E-state index contributed by atoms with van der Waals surface area (Å²) in [6.07, 6.45) is 8.82. The number of rotatable bonds is 15. The van der Waals surface area contributed by atoms with E-state index in [1.165, 1.54) is 0 Å². The van der Waals surface area contributed by atoms with Gasteiger partial charge in [-0.3, -0.25) is 14.4 Å². The molecule has 6 atom stereocenters. The highest BCUT2D eigenvalue weighted by Gasteiger charge is 2.76. The summed E-state index contributed by atoms with van der Waals surface area (Å²) in [5.74, 6) is -1.69. The first-order chi connectivity index (χ1) is 19.3. The molecule has 0 radical (unpaired) electrons. The molecule has 1 spiro atoms. The Balaban J connectivity index is 1.68. The Labute approximate surface area is 246 Å². The number of allylic oxidation sites excluding steroid dienone is 1. The molecule has 3 aliphatic rings. The number of anilines is 1. The first-order valence-corrected chi connectivity index (χ1v) is 15.6. The van der Waals surface area contributed by atoms with Crippen LogP contribution in [-0.4, -0.2) is 70.1 Å². The van der Waals surface area contributed by atoms with Gasteiger partial charge in [-0.25, -0.2) is 0 Å². The molecule has 7 nitrogen and oxygen atoms in total. The maximum Gasteiger partial charge on any atom is 0.310 e. The maximum absolute atomic E-state index is 14.6. The average molecular weight is 589 g/mol. The van der Waals surface area contributed by atoms with E-state index in [1.807, 2.05) is 0 Å². The van der Waals surface area contributed by atoms with E-state index in [9.17, 15) is 14.4 Å². The molecule has 2 bridgehead atoms. The number of hydrogen-bond donors (Lipinski definition) is 1. The van der Waals surface area contributed by atoms with Crippen LogP contribution < -0.4 is 4.90 Å². The minimum absolute atomic E-state index is 0.0544. The van der Waals surface area contributed by atoms with Gasteiger partial charge in [-0.2, -0.15) is 0 Å². The molecule has 3 fully saturated rings. The highest BCUT2D eigenvalue weighted by molar-refractivity contribution is 8.02. The topological polar surface area (TPSA) is 87.2 Å². The van der Waals surface area contributed by atoms with Crippen molar-refractivity contribution >= 4 is 46.8 Å². The predicted molar refractivity (Wildman–Crippen MR) is 160 cm³/mol. The maximum atomic E-state index is 14.6. The van der Waals surface area contributed by atoms with E-state index in [-0.39, 0.29) is 42.1 Å². The summed E-state index contributed by atoms with van der Waals surface area (Å²) in [6, 6.07) is 6.40. The van der Waals surface area contributed by atoms with Crippen molar-refractivity contribution in [3.63, 3.8) is 0 Å². The van der Waals surface area contributed by atoms with Gasteiger partial charge in [-0.1, -0.05) is 43.5 Å². The lowest BCUT2D eigenvalue weighted by Gasteiger charge is -2.40. The summed E-state index contributed by atoms with van der Waals surface area (Å²) in [5.41, 5.74) is 0.688. The van der Waals surface area contributed by atoms with Gasteiger partial charge in [0.25, 0.3) is 5.91 Å². The molecule has 4 rings (SSSR count). The predicted octanol–water partition coefficient (Wildman–Crippen LogP) is 5.26. The number of aliphatic hydroxyl groups is 1. The molecule has 3 unspecified atom stereocenters. The second-order valence-electron chi connectivity index (χ2n) is 11.0. The number of carbonyl (C=O) groups excluding carboxylic acids is 3. The number of esters is 1. The lowest BCUT2D eigenvalue weighted by Crippen LogP contribution is -2.57. The summed E-state index contributed by atoms with van der Waals surface area (Å²) in [5, 5.41) is 9.69. The Hall–Kier alpha value is -2.29. The van der Waals surface area contributed by atoms with Crippen molar-refractivity contribution in [3.8, 4) is 0 Å². The third-order valence-corrected chi connectivity index (χ3v) is 10.9. The smallest absolute Gasteiger partial charge is 0.310 e. The number of thioether (sulfide) groups is 1. The normalized spacial score (nSPS) is 28.4. The first-order valence-electron chi connectivity index (χ1n) is 14.4. The molecule has 1 aromatic carbocycles. The molecular formula is C31H41ClN2O5S. The van der Waals surface area contributed by atoms with Crippen molar-refractivity contribution in [2.75, 3.05) is 31.2 Å². The summed E-state index contributed by atoms with van der Waals surface area (Å²) >= 11 is 7.79. The molecule has 9 heteroatoms. The molecular weight excluding hydrogens is 548 g/mol. The zero-order valence-electron chi connectivity index (χ0n) is 23.3. The summed E-state index contributed by atoms with van der Waals surface area (Å²) in [4.78, 5) is 45.7. The van der Waals surface area contributed by atoms with Gasteiger partial charge in [0.2, 0.25) is 5.91 Å². The third kappa shape index (κ3) is 5.72. The number of fused-ring (bicyclic) bond motifs is 1. The second kappa shape index (κ2) is 13.6. The van der Waals surface area contributed by atoms with Gasteiger partial charge in [-0.15, -0.1) is 24.9 Å². The van der Waals surface area contributed by atoms with E-state index in [0.29, 0.717) is 36.7 Å². The Bertz CT molecular complexity index is 1100. The van der Waals surface area contributed by atoms with Gasteiger partial charge >= 0.3 is 5.97 Å². The van der Waals surface area contributed by atoms with Crippen molar-refractivity contribution in [1.82, 2.24) is 4.90 Å². The van der Waals surface area contributed by atoms with E-state index in [4.69, 9.17) is 21.4 Å². The van der Waals surface area contributed by atoms with Crippen LogP contribution in [0.15, 0.2) is 49.6 Å². The van der Waals surface area contributed by atoms with Gasteiger partial charge in [0, 0.05) is 35.7 Å². The molecule has 1 N–H and O–H groups in total. The highest BCUT2D eigenvalue weighted by atomic mass is 35.5. The van der Waals surface area contributed by atoms with Crippen LogP contribution in [0.1, 0.15) is 51.9 Å². The lowest BCUT2D eigenvalue weighted by atomic mass is 9.66. The van der Waals surface area contributed by atoms with Crippen molar-refractivity contribution in [1.29, 1.82) is 0 Å². The molecule has 3 saturated heterocycles. The Morgan fingerprint density at radius 3 is 2.58 bits per heavy atom. The number of carbonyl (C=O) groups is 3. The second-order valence-corrected chi connectivity index (χ2v) is 13.0. The van der Waals surface area contributed by atoms with Gasteiger partial charge in [-0.05, 0) is 62.3 Å². The average Bonchev–Trinajstić information content (AvgIpc) is 3.53. The number of ether oxygens (including phenoxy) is 1. The van der Waals surface area contributed by atoms with Crippen LogP contribution in [0.4, 0.5) is 5.69 Å². The zero-order chi connectivity index (χ0) is 28.9. The van der Waals surface area contributed by atoms with Crippen LogP contribution in [-0.2, 0) is 19.1 Å². The van der Waals surface area contributed by atoms with Crippen molar-refractivity contribution in [3.05, 3.63) is 54.6 Å². The molecule has 1 aromatic rings. The van der Waals surface area contributed by atoms with Gasteiger partial charge in [0.1, 0.15) is 6.04 Å². The summed E-state index contributed by atoms with van der Waals surface area (Å²) in [7, 11) is 0. The van der Waals surface area contributed by atoms with Crippen LogP contribution in [0.25, 0.3) is 0 Å². The number of halogens is 1. The third-order valence-electron chi connectivity index (χ3n) is 8.57. The van der Waals surface area contributed by atoms with Crippen LogP contribution >= 0.6 is 23.4 Å². The van der Waals surface area contributed by atoms with Gasteiger partial charge in [0.05, 0.1) is 23.2 Å². The fourth-order valence-corrected chi connectivity index (χ4v) is 9.30. The lowest BCUT2D eigenvalue weighted by molar-refractivity contribution is -0.154. The molecule has 2 amide bonds. The van der Waals surface area contributed by atoms with Crippen LogP contribution in [0.2, 0.25) is 5.02 Å². The monoisotopic (exact) mass is 588 g/mol. The van der Waals surface area contributed by atoms with Crippen LogP contribution in [0.3, 0.4) is 0 Å². The fourth-order valence-electron chi connectivity index (χ4n) is 6.77. The number of likely N-dealkylation sites (tertiary alicyclic amines) is 1. The quantitative estimate of drug-likeness (QED) is 0.171. The van der Waals surface area contributed by atoms with Crippen molar-refractivity contribution in [2.45, 2.75) is 67.9 Å². The van der Waals surface area contributed by atoms with E-state index in [0.717, 1.165) is 32.1 Å². The zero-order valence-corrected chi connectivity index (χ0v) is 24.9. The highest BCUT2D eigenvalue weighted by Crippen LogP contribution is 2.68. The molecule has 40 heavy (non-hydrogen) atoms. The van der Waals surface area contributed by atoms with Crippen LogP contribution in [0.5, 0.6) is 0 Å². The standard InChI is InChI=1S/C31H41ClN2O5S/c1-4-6-11-19-39-30(38)25-24-20-21(3)31(40-24)26(25)28(36)34(17-9-7-8-10-18-35)27(31)29(37)33(16-5-2)23-14-12-22(32)13-15-23/h4-5,12-15,21,24-27,35H,1-2,6-11,16-20H2,3H3/t21?,24-,25+,26-,27?,31?/m0/s1. The minimum atomic E-state index is -0.708.